The van der Waals surface area contributed by atoms with Gasteiger partial charge in [-0.05, 0) is 67.9 Å². The summed E-state index contributed by atoms with van der Waals surface area (Å²) in [5, 5.41) is 15.4. The van der Waals surface area contributed by atoms with Gasteiger partial charge in [0.15, 0.2) is 17.3 Å². The van der Waals surface area contributed by atoms with E-state index in [9.17, 15) is 4.79 Å². The third-order valence-electron chi connectivity index (χ3n) is 5.04. The first-order valence-corrected chi connectivity index (χ1v) is 11.6. The summed E-state index contributed by atoms with van der Waals surface area (Å²) in [6.45, 7) is 6.41. The SMILES string of the molecule is COc1cc(C=C2C(=N)N3N=C(C)SC3=NC2=O)cc(Cl)c1OCCOc1ccc(C)cc1C. The summed E-state index contributed by atoms with van der Waals surface area (Å²) in [7, 11) is 1.50. The molecule has 0 aromatic heterocycles. The van der Waals surface area contributed by atoms with E-state index in [2.05, 4.69) is 16.2 Å². The minimum Gasteiger partial charge on any atom is -0.493 e. The first-order chi connectivity index (χ1) is 16.3. The van der Waals surface area contributed by atoms with Crippen molar-refractivity contribution in [1.82, 2.24) is 5.01 Å². The number of amides is 1. The van der Waals surface area contributed by atoms with E-state index in [1.165, 1.54) is 29.4 Å². The number of nitrogens with one attached hydrogen (secondary N) is 1. The number of halogens is 1. The van der Waals surface area contributed by atoms with Crippen LogP contribution in [0.15, 0.2) is 46.0 Å². The minimum absolute atomic E-state index is 0.0432. The van der Waals surface area contributed by atoms with Gasteiger partial charge >= 0.3 is 0 Å². The van der Waals surface area contributed by atoms with Crippen molar-refractivity contribution >= 4 is 51.4 Å². The number of ether oxygens (including phenoxy) is 3. The number of fused-ring (bicyclic) bond motifs is 1. The molecule has 0 bridgehead atoms. The number of hydrazone groups is 1. The molecule has 2 aromatic carbocycles. The summed E-state index contributed by atoms with van der Waals surface area (Å²) in [5.74, 6) is 1.02. The zero-order valence-electron chi connectivity index (χ0n) is 19.1. The lowest BCUT2D eigenvalue weighted by atomic mass is 10.1. The van der Waals surface area contributed by atoms with Crippen LogP contribution in [0.3, 0.4) is 0 Å². The van der Waals surface area contributed by atoms with Crippen molar-refractivity contribution in [3.63, 3.8) is 0 Å². The molecule has 0 fully saturated rings. The van der Waals surface area contributed by atoms with E-state index in [1.54, 1.807) is 25.1 Å². The standard InChI is InChI=1S/C24H23ClN4O4S/c1-13-5-6-19(14(2)9-13)32-7-8-33-21-18(25)11-16(12-20(21)31-4)10-17-22(26)29-24(27-23(17)30)34-15(3)28-29/h5-6,9-12,26H,7-8H2,1-4H3. The molecule has 8 nitrogen and oxygen atoms in total. The van der Waals surface area contributed by atoms with Crippen LogP contribution in [0.4, 0.5) is 0 Å². The maximum atomic E-state index is 12.5. The molecule has 0 saturated heterocycles. The summed E-state index contributed by atoms with van der Waals surface area (Å²) in [4.78, 5) is 16.5. The molecule has 0 spiro atoms. The third kappa shape index (κ3) is 4.95. The van der Waals surface area contributed by atoms with Crippen LogP contribution in [-0.2, 0) is 4.79 Å². The van der Waals surface area contributed by atoms with Crippen molar-refractivity contribution in [1.29, 1.82) is 5.41 Å². The van der Waals surface area contributed by atoms with Gasteiger partial charge in [0.1, 0.15) is 19.0 Å². The highest BCUT2D eigenvalue weighted by molar-refractivity contribution is 8.26. The Labute approximate surface area is 206 Å². The quantitative estimate of drug-likeness (QED) is 0.423. The Morgan fingerprint density at radius 1 is 1.12 bits per heavy atom. The molecular weight excluding hydrogens is 476 g/mol. The van der Waals surface area contributed by atoms with E-state index in [-0.39, 0.29) is 18.0 Å². The van der Waals surface area contributed by atoms with Crippen LogP contribution in [0.2, 0.25) is 5.02 Å². The first kappa shape index (κ1) is 23.8. The number of hydrogen-bond acceptors (Lipinski definition) is 7. The smallest absolute Gasteiger partial charge is 0.283 e. The predicted molar refractivity (Wildman–Crippen MR) is 136 cm³/mol. The summed E-state index contributed by atoms with van der Waals surface area (Å²) in [6, 6.07) is 9.32. The van der Waals surface area contributed by atoms with Gasteiger partial charge in [-0.1, -0.05) is 29.3 Å². The second kappa shape index (κ2) is 9.90. The molecule has 0 atom stereocenters. The Morgan fingerprint density at radius 3 is 2.62 bits per heavy atom. The molecule has 2 aliphatic rings. The minimum atomic E-state index is -0.507. The fourth-order valence-corrected chi connectivity index (χ4v) is 4.48. The fourth-order valence-electron chi connectivity index (χ4n) is 3.47. The molecule has 4 rings (SSSR count). The van der Waals surface area contributed by atoms with E-state index in [4.69, 9.17) is 31.2 Å². The highest BCUT2D eigenvalue weighted by Crippen LogP contribution is 2.37. The number of methoxy groups -OCH3 is 1. The second-order valence-corrected chi connectivity index (χ2v) is 9.21. The van der Waals surface area contributed by atoms with Gasteiger partial charge in [0.2, 0.25) is 5.17 Å². The summed E-state index contributed by atoms with van der Waals surface area (Å²) >= 11 is 7.73. The zero-order valence-corrected chi connectivity index (χ0v) is 20.7. The lowest BCUT2D eigenvalue weighted by molar-refractivity contribution is -0.114. The van der Waals surface area contributed by atoms with E-state index < -0.39 is 5.91 Å². The van der Waals surface area contributed by atoms with Gasteiger partial charge in [-0.2, -0.15) is 15.1 Å². The van der Waals surface area contributed by atoms with E-state index in [0.717, 1.165) is 11.3 Å². The monoisotopic (exact) mass is 498 g/mol. The van der Waals surface area contributed by atoms with Crippen molar-refractivity contribution in [3.05, 3.63) is 57.6 Å². The number of aryl methyl sites for hydroxylation is 2. The lowest BCUT2D eigenvalue weighted by Gasteiger charge is -2.20. The molecule has 1 amide bonds. The molecule has 1 N–H and O–H groups in total. The lowest BCUT2D eigenvalue weighted by Crippen LogP contribution is -2.35. The molecular formula is C24H23ClN4O4S. The number of amidine groups is 2. The summed E-state index contributed by atoms with van der Waals surface area (Å²) in [6.07, 6.45) is 1.54. The summed E-state index contributed by atoms with van der Waals surface area (Å²) in [5.41, 5.74) is 2.91. The molecule has 0 unspecified atom stereocenters. The Balaban J connectivity index is 1.49. The van der Waals surface area contributed by atoms with Crippen LogP contribution in [0, 0.1) is 19.3 Å². The van der Waals surface area contributed by atoms with Crippen molar-refractivity contribution in [2.75, 3.05) is 20.3 Å². The molecule has 2 heterocycles. The van der Waals surface area contributed by atoms with Crippen LogP contribution in [-0.4, -0.2) is 47.3 Å². The molecule has 176 valence electrons. The Bertz CT molecular complexity index is 1270. The average Bonchev–Trinajstić information content (AvgIpc) is 3.16. The molecule has 34 heavy (non-hydrogen) atoms. The molecule has 2 aromatic rings. The number of benzene rings is 2. The van der Waals surface area contributed by atoms with E-state index in [1.807, 2.05) is 26.0 Å². The van der Waals surface area contributed by atoms with Crippen molar-refractivity contribution < 1.29 is 19.0 Å². The number of hydrogen-bond donors (Lipinski definition) is 1. The summed E-state index contributed by atoms with van der Waals surface area (Å²) < 4.78 is 17.1. The Kier molecular flexibility index (Phi) is 6.95. The number of thioether (sulfide) groups is 1. The van der Waals surface area contributed by atoms with Gasteiger partial charge < -0.3 is 14.2 Å². The van der Waals surface area contributed by atoms with Gasteiger partial charge in [-0.15, -0.1) is 0 Å². The van der Waals surface area contributed by atoms with Gasteiger partial charge in [0.05, 0.1) is 22.7 Å². The highest BCUT2D eigenvalue weighted by atomic mass is 35.5. The largest absolute Gasteiger partial charge is 0.493 e. The molecule has 2 aliphatic heterocycles. The number of nitrogens with zero attached hydrogens (tertiary/aromatic N) is 3. The molecule has 10 heteroatoms. The Hall–Kier alpha value is -3.30. The highest BCUT2D eigenvalue weighted by Gasteiger charge is 2.34. The number of aliphatic imine (C=N–C) groups is 1. The number of carbonyl (C=O) groups excluding carboxylic acids is 1. The van der Waals surface area contributed by atoms with Crippen molar-refractivity contribution in [2.24, 2.45) is 10.1 Å². The second-order valence-electron chi connectivity index (χ2n) is 7.64. The molecule has 0 radical (unpaired) electrons. The van der Waals surface area contributed by atoms with Crippen LogP contribution in [0.1, 0.15) is 23.6 Å². The fraction of sp³-hybridized carbons (Fsp3) is 0.250. The maximum Gasteiger partial charge on any atom is 0.283 e. The van der Waals surface area contributed by atoms with Crippen molar-refractivity contribution in [2.45, 2.75) is 20.8 Å². The average molecular weight is 499 g/mol. The van der Waals surface area contributed by atoms with Gasteiger partial charge in [-0.3, -0.25) is 10.2 Å². The van der Waals surface area contributed by atoms with E-state index in [0.29, 0.717) is 38.9 Å². The first-order valence-electron chi connectivity index (χ1n) is 10.4. The van der Waals surface area contributed by atoms with Gasteiger partial charge in [0.25, 0.3) is 5.91 Å². The van der Waals surface area contributed by atoms with Crippen LogP contribution >= 0.6 is 23.4 Å². The number of rotatable bonds is 7. The van der Waals surface area contributed by atoms with Crippen LogP contribution in [0.25, 0.3) is 6.08 Å². The van der Waals surface area contributed by atoms with Gasteiger partial charge in [-0.25, -0.2) is 0 Å². The molecule has 0 saturated carbocycles. The maximum absolute atomic E-state index is 12.5. The zero-order chi connectivity index (χ0) is 24.4. The Morgan fingerprint density at radius 2 is 1.88 bits per heavy atom. The van der Waals surface area contributed by atoms with E-state index >= 15 is 0 Å². The predicted octanol–water partition coefficient (Wildman–Crippen LogP) is 5.06. The van der Waals surface area contributed by atoms with Crippen LogP contribution in [0.5, 0.6) is 17.2 Å². The topological polar surface area (TPSA) is 96.6 Å². The normalized spacial score (nSPS) is 16.4. The van der Waals surface area contributed by atoms with Crippen molar-refractivity contribution in [3.8, 4) is 17.2 Å². The van der Waals surface area contributed by atoms with Gasteiger partial charge in [0, 0.05) is 0 Å². The third-order valence-corrected chi connectivity index (χ3v) is 6.14. The molecule has 0 aliphatic carbocycles. The number of carbonyl (C=O) groups is 1. The van der Waals surface area contributed by atoms with Crippen LogP contribution < -0.4 is 14.2 Å².